The van der Waals surface area contributed by atoms with Crippen LogP contribution in [0.1, 0.15) is 41.0 Å². The molecule has 1 unspecified atom stereocenters. The lowest BCUT2D eigenvalue weighted by Crippen LogP contribution is -2.29. The third-order valence-electron chi connectivity index (χ3n) is 2.87. The van der Waals surface area contributed by atoms with Gasteiger partial charge in [0.15, 0.2) is 0 Å². The molecule has 0 amide bonds. The molecule has 0 aromatic carbocycles. The molecule has 1 heterocycles. The van der Waals surface area contributed by atoms with Gasteiger partial charge in [-0.05, 0) is 25.5 Å². The monoisotopic (exact) mass is 235 g/mol. The zero-order chi connectivity index (χ0) is 12.1. The minimum atomic E-state index is -0.921. The molecular weight excluding hydrogens is 206 g/mol. The van der Waals surface area contributed by atoms with E-state index in [0.717, 1.165) is 13.1 Å². The van der Waals surface area contributed by atoms with Crippen molar-refractivity contribution >= 4 is 10.3 Å². The molecule has 0 spiro atoms. The summed E-state index contributed by atoms with van der Waals surface area (Å²) in [7, 11) is -0.921. The Kier molecular flexibility index (Phi) is 6.23. The van der Waals surface area contributed by atoms with Gasteiger partial charge in [-0.3, -0.25) is 0 Å². The predicted octanol–water partition coefficient (Wildman–Crippen LogP) is 3.17. The average molecular weight is 235 g/mol. The predicted molar refractivity (Wildman–Crippen MR) is 72.9 cm³/mol. The smallest absolute Gasteiger partial charge is 0.0837 e. The van der Waals surface area contributed by atoms with Gasteiger partial charge < -0.3 is 9.50 Å². The minimum absolute atomic E-state index is 0.287. The van der Waals surface area contributed by atoms with Gasteiger partial charge in [0.25, 0.3) is 0 Å². The molecule has 1 aliphatic heterocycles. The number of hydrogen-bond donors (Lipinski definition) is 1. The minimum Gasteiger partial charge on any atom is -0.332 e. The Labute approximate surface area is 97.7 Å². The normalized spacial score (nSPS) is 23.3. The average Bonchev–Trinajstić information content (AvgIpc) is 2.57. The van der Waals surface area contributed by atoms with Crippen LogP contribution in [0.3, 0.4) is 0 Å². The fourth-order valence-corrected chi connectivity index (χ4v) is 2.33. The quantitative estimate of drug-likeness (QED) is 0.794. The Morgan fingerprint density at radius 2 is 1.73 bits per heavy atom. The summed E-state index contributed by atoms with van der Waals surface area (Å²) in [4.78, 5) is 0. The van der Waals surface area contributed by atoms with Gasteiger partial charge in [0.2, 0.25) is 0 Å². The van der Waals surface area contributed by atoms with Crippen molar-refractivity contribution in [2.24, 2.45) is 0 Å². The van der Waals surface area contributed by atoms with E-state index < -0.39 is 10.3 Å². The van der Waals surface area contributed by atoms with Gasteiger partial charge in [-0.2, -0.15) is 0 Å². The van der Waals surface area contributed by atoms with E-state index in [0.29, 0.717) is 6.10 Å². The summed E-state index contributed by atoms with van der Waals surface area (Å²) in [6.45, 7) is 13.0. The maximum absolute atomic E-state index is 6.18. The molecule has 1 atom stereocenters. The van der Waals surface area contributed by atoms with E-state index >= 15 is 0 Å². The number of hydrogen-bond acceptors (Lipinski definition) is 2. The Morgan fingerprint density at radius 1 is 1.20 bits per heavy atom. The highest BCUT2D eigenvalue weighted by molar-refractivity contribution is 8.29. The summed E-state index contributed by atoms with van der Waals surface area (Å²) in [5.74, 6) is 0. The molecule has 0 aromatic rings. The maximum atomic E-state index is 6.18. The first kappa shape index (κ1) is 15.3. The molecule has 1 rings (SSSR count). The van der Waals surface area contributed by atoms with E-state index in [1.54, 1.807) is 0 Å². The molecule has 0 aromatic heterocycles. The number of rotatable bonds is 2. The lowest BCUT2D eigenvalue weighted by Gasteiger charge is -2.45. The van der Waals surface area contributed by atoms with Gasteiger partial charge >= 0.3 is 0 Å². The second kappa shape index (κ2) is 6.12. The van der Waals surface area contributed by atoms with E-state index in [-0.39, 0.29) is 4.75 Å². The van der Waals surface area contributed by atoms with Crippen molar-refractivity contribution in [3.8, 4) is 0 Å². The first-order valence-corrected chi connectivity index (χ1v) is 8.32. The molecule has 1 aliphatic rings. The molecule has 0 aliphatic carbocycles. The van der Waals surface area contributed by atoms with Crippen molar-refractivity contribution in [2.45, 2.75) is 51.9 Å². The Morgan fingerprint density at radius 3 is 2.07 bits per heavy atom. The van der Waals surface area contributed by atoms with Crippen molar-refractivity contribution in [1.82, 2.24) is 5.32 Å². The van der Waals surface area contributed by atoms with Crippen LogP contribution in [-0.2, 0) is 4.18 Å². The van der Waals surface area contributed by atoms with Gasteiger partial charge in [0.1, 0.15) is 0 Å². The SMILES string of the molecule is CC.CC(C)(C)S(C)(C)OC1CCNC1. The van der Waals surface area contributed by atoms with Crippen LogP contribution in [0.15, 0.2) is 0 Å². The molecule has 94 valence electrons. The van der Waals surface area contributed by atoms with Gasteiger partial charge in [-0.1, -0.05) is 34.6 Å². The van der Waals surface area contributed by atoms with Crippen LogP contribution in [-0.4, -0.2) is 36.5 Å². The highest BCUT2D eigenvalue weighted by Gasteiger charge is 2.32. The first-order valence-electron chi connectivity index (χ1n) is 5.95. The molecule has 2 nitrogen and oxygen atoms in total. The first-order chi connectivity index (χ1) is 6.83. The van der Waals surface area contributed by atoms with E-state index in [9.17, 15) is 0 Å². The largest absolute Gasteiger partial charge is 0.332 e. The Bertz CT molecular complexity index is 169. The zero-order valence-corrected chi connectivity index (χ0v) is 12.3. The number of nitrogens with one attached hydrogen (secondary N) is 1. The van der Waals surface area contributed by atoms with Crippen molar-refractivity contribution in [1.29, 1.82) is 0 Å². The van der Waals surface area contributed by atoms with Gasteiger partial charge in [0, 0.05) is 11.3 Å². The standard InChI is InChI=1S/C10H23NOS.C2H6/c1-10(2,3)13(4,5)12-9-6-7-11-8-9;1-2/h9,11H,6-8H2,1-5H3;1-2H3. The van der Waals surface area contributed by atoms with Crippen LogP contribution in [0.4, 0.5) is 0 Å². The molecule has 1 saturated heterocycles. The summed E-state index contributed by atoms with van der Waals surface area (Å²) >= 11 is 0. The van der Waals surface area contributed by atoms with Crippen LogP contribution in [0.25, 0.3) is 0 Å². The van der Waals surface area contributed by atoms with E-state index in [1.165, 1.54) is 6.42 Å². The molecule has 1 N–H and O–H groups in total. The second-order valence-corrected chi connectivity index (χ2v) is 8.94. The molecule has 0 radical (unpaired) electrons. The fourth-order valence-electron chi connectivity index (χ4n) is 1.19. The van der Waals surface area contributed by atoms with Crippen molar-refractivity contribution in [3.05, 3.63) is 0 Å². The third kappa shape index (κ3) is 4.75. The van der Waals surface area contributed by atoms with Gasteiger partial charge in [-0.25, -0.2) is 0 Å². The van der Waals surface area contributed by atoms with Crippen LogP contribution in [0.5, 0.6) is 0 Å². The summed E-state index contributed by atoms with van der Waals surface area (Å²) in [5.41, 5.74) is 0. The summed E-state index contributed by atoms with van der Waals surface area (Å²) in [5, 5.41) is 3.33. The molecule has 1 fully saturated rings. The Balaban J connectivity index is 0.000000921. The highest BCUT2D eigenvalue weighted by Crippen LogP contribution is 2.54. The van der Waals surface area contributed by atoms with Gasteiger partial charge in [-0.15, -0.1) is 10.3 Å². The van der Waals surface area contributed by atoms with Crippen molar-refractivity contribution in [3.63, 3.8) is 0 Å². The lowest BCUT2D eigenvalue weighted by atomic mass is 10.3. The van der Waals surface area contributed by atoms with E-state index in [1.807, 2.05) is 13.8 Å². The van der Waals surface area contributed by atoms with Crippen molar-refractivity contribution < 1.29 is 4.18 Å². The molecule has 15 heavy (non-hydrogen) atoms. The van der Waals surface area contributed by atoms with Crippen molar-refractivity contribution in [2.75, 3.05) is 25.6 Å². The summed E-state index contributed by atoms with van der Waals surface area (Å²) in [6, 6.07) is 0. The van der Waals surface area contributed by atoms with Gasteiger partial charge in [0.05, 0.1) is 6.10 Å². The highest BCUT2D eigenvalue weighted by atomic mass is 32.3. The second-order valence-electron chi connectivity index (χ2n) is 5.06. The molecule has 0 saturated carbocycles. The van der Waals surface area contributed by atoms with Crippen LogP contribution in [0, 0.1) is 0 Å². The zero-order valence-electron chi connectivity index (χ0n) is 11.5. The van der Waals surface area contributed by atoms with E-state index in [4.69, 9.17) is 4.18 Å². The Hall–Kier alpha value is 0.270. The third-order valence-corrected chi connectivity index (χ3v) is 6.57. The maximum Gasteiger partial charge on any atom is 0.0837 e. The van der Waals surface area contributed by atoms with Crippen LogP contribution >= 0.6 is 10.3 Å². The van der Waals surface area contributed by atoms with Crippen LogP contribution < -0.4 is 5.32 Å². The molecular formula is C12H29NOS. The topological polar surface area (TPSA) is 21.3 Å². The lowest BCUT2D eigenvalue weighted by molar-refractivity contribution is 0.249. The fraction of sp³-hybridized carbons (Fsp3) is 1.00. The molecule has 3 heteroatoms. The summed E-state index contributed by atoms with van der Waals surface area (Å²) in [6.07, 6.45) is 6.16. The molecule has 0 bridgehead atoms. The van der Waals surface area contributed by atoms with Crippen LogP contribution in [0.2, 0.25) is 0 Å². The summed E-state index contributed by atoms with van der Waals surface area (Å²) < 4.78 is 6.47. The van der Waals surface area contributed by atoms with E-state index in [2.05, 4.69) is 38.6 Å².